The van der Waals surface area contributed by atoms with E-state index in [9.17, 15) is 9.90 Å². The van der Waals surface area contributed by atoms with Gasteiger partial charge in [-0.25, -0.2) is 0 Å². The Bertz CT molecular complexity index is 464. The highest BCUT2D eigenvalue weighted by Gasteiger charge is 2.28. The highest BCUT2D eigenvalue weighted by Crippen LogP contribution is 2.26. The van der Waals surface area contributed by atoms with Gasteiger partial charge >= 0.3 is 5.97 Å². The van der Waals surface area contributed by atoms with Gasteiger partial charge in [-0.3, -0.25) is 4.79 Å². The normalized spacial score (nSPS) is 14.1. The van der Waals surface area contributed by atoms with Gasteiger partial charge in [-0.2, -0.15) is 0 Å². The molecule has 1 atom stereocenters. The first-order valence-corrected chi connectivity index (χ1v) is 5.24. The molecule has 0 saturated heterocycles. The van der Waals surface area contributed by atoms with Gasteiger partial charge in [0.2, 0.25) is 0 Å². The van der Waals surface area contributed by atoms with E-state index in [0.717, 1.165) is 11.1 Å². The first-order valence-electron chi connectivity index (χ1n) is 5.24. The fraction of sp³-hybridized carbons (Fsp3) is 0.308. The summed E-state index contributed by atoms with van der Waals surface area (Å²) in [6.07, 6.45) is 0.197. The maximum atomic E-state index is 10.9. The lowest BCUT2D eigenvalue weighted by atomic mass is 9.92. The number of aliphatic carboxylic acids is 1. The summed E-state index contributed by atoms with van der Waals surface area (Å²) in [7, 11) is 0. The smallest absolute Gasteiger partial charge is 0.323 e. The van der Waals surface area contributed by atoms with Crippen LogP contribution >= 0.6 is 0 Å². The Morgan fingerprint density at radius 1 is 1.53 bits per heavy atom. The highest BCUT2D eigenvalue weighted by molar-refractivity contribution is 5.78. The second-order valence-corrected chi connectivity index (χ2v) is 4.53. The third-order valence-corrected chi connectivity index (χ3v) is 2.58. The number of hydrogen-bond donors (Lipinski definition) is 3. The minimum Gasteiger partial charge on any atom is -0.507 e. The largest absolute Gasteiger partial charge is 0.507 e. The number of rotatable bonds is 4. The maximum absolute atomic E-state index is 10.9. The van der Waals surface area contributed by atoms with Gasteiger partial charge in [0, 0.05) is 12.0 Å². The molecule has 92 valence electrons. The monoisotopic (exact) mass is 235 g/mol. The first kappa shape index (κ1) is 13.3. The summed E-state index contributed by atoms with van der Waals surface area (Å²) in [5, 5.41) is 18.5. The molecular weight excluding hydrogens is 218 g/mol. The standard InChI is InChI=1S/C13H17NO3/c1-8(2)10-6-9(4-5-11(10)15)7-13(3,14)12(16)17/h4-6,15H,1,7,14H2,2-3H3,(H,16,17). The van der Waals surface area contributed by atoms with Crippen molar-refractivity contribution in [2.24, 2.45) is 5.73 Å². The third-order valence-electron chi connectivity index (χ3n) is 2.58. The second-order valence-electron chi connectivity index (χ2n) is 4.53. The van der Waals surface area contributed by atoms with Crippen LogP contribution in [0, 0.1) is 0 Å². The van der Waals surface area contributed by atoms with Crippen LogP contribution in [0.2, 0.25) is 0 Å². The Hall–Kier alpha value is -1.81. The predicted molar refractivity (Wildman–Crippen MR) is 66.7 cm³/mol. The molecule has 4 nitrogen and oxygen atoms in total. The predicted octanol–water partition coefficient (Wildman–Crippen LogP) is 1.77. The lowest BCUT2D eigenvalue weighted by Crippen LogP contribution is -2.46. The fourth-order valence-electron chi connectivity index (χ4n) is 1.53. The number of phenolic OH excluding ortho intramolecular Hbond substituents is 1. The van der Waals surface area contributed by atoms with Crippen molar-refractivity contribution in [3.05, 3.63) is 35.9 Å². The molecule has 0 aromatic heterocycles. The number of carboxylic acids is 1. The van der Waals surface area contributed by atoms with Crippen LogP contribution in [0.15, 0.2) is 24.8 Å². The van der Waals surface area contributed by atoms with Crippen molar-refractivity contribution >= 4 is 11.5 Å². The van der Waals surface area contributed by atoms with E-state index in [4.69, 9.17) is 10.8 Å². The van der Waals surface area contributed by atoms with Gasteiger partial charge in [0.15, 0.2) is 0 Å². The summed E-state index contributed by atoms with van der Waals surface area (Å²) in [5.74, 6) is -0.919. The zero-order valence-electron chi connectivity index (χ0n) is 10.0. The van der Waals surface area contributed by atoms with Crippen molar-refractivity contribution in [3.63, 3.8) is 0 Å². The van der Waals surface area contributed by atoms with Gasteiger partial charge in [0.25, 0.3) is 0 Å². The molecule has 0 heterocycles. The quantitative estimate of drug-likeness (QED) is 0.742. The number of carbonyl (C=O) groups is 1. The molecule has 0 bridgehead atoms. The Morgan fingerprint density at radius 2 is 2.12 bits per heavy atom. The van der Waals surface area contributed by atoms with Crippen LogP contribution in [-0.2, 0) is 11.2 Å². The molecule has 0 amide bonds. The number of nitrogens with two attached hydrogens (primary N) is 1. The maximum Gasteiger partial charge on any atom is 0.323 e. The molecule has 0 spiro atoms. The van der Waals surface area contributed by atoms with Crippen LogP contribution < -0.4 is 5.73 Å². The van der Waals surface area contributed by atoms with E-state index < -0.39 is 11.5 Å². The Labute approximate surface area is 100 Å². The van der Waals surface area contributed by atoms with Crippen molar-refractivity contribution in [1.82, 2.24) is 0 Å². The molecule has 1 rings (SSSR count). The van der Waals surface area contributed by atoms with Crippen LogP contribution in [0.1, 0.15) is 25.0 Å². The minimum atomic E-state index is -1.32. The molecule has 0 saturated carbocycles. The van der Waals surface area contributed by atoms with Crippen LogP contribution in [0.25, 0.3) is 5.57 Å². The number of hydrogen-bond acceptors (Lipinski definition) is 3. The summed E-state index contributed by atoms with van der Waals surface area (Å²) in [6.45, 7) is 6.99. The SMILES string of the molecule is C=C(C)c1cc(CC(C)(N)C(=O)O)ccc1O. The highest BCUT2D eigenvalue weighted by atomic mass is 16.4. The Morgan fingerprint density at radius 3 is 2.59 bits per heavy atom. The number of aromatic hydroxyl groups is 1. The summed E-state index contributed by atoms with van der Waals surface area (Å²) in [6, 6.07) is 4.90. The van der Waals surface area contributed by atoms with Gasteiger partial charge in [-0.05, 0) is 37.1 Å². The topological polar surface area (TPSA) is 83.6 Å². The lowest BCUT2D eigenvalue weighted by Gasteiger charge is -2.19. The first-order chi connectivity index (χ1) is 7.74. The zero-order valence-corrected chi connectivity index (χ0v) is 10.0. The van der Waals surface area contributed by atoms with Gasteiger partial charge in [0.1, 0.15) is 11.3 Å². The second kappa shape index (κ2) is 4.59. The van der Waals surface area contributed by atoms with Gasteiger partial charge in [0.05, 0.1) is 0 Å². The van der Waals surface area contributed by atoms with Gasteiger partial charge < -0.3 is 15.9 Å². The molecule has 0 aliphatic carbocycles. The molecule has 0 radical (unpaired) electrons. The molecular formula is C13H17NO3. The van der Waals surface area contributed by atoms with E-state index in [1.807, 2.05) is 0 Å². The Kier molecular flexibility index (Phi) is 3.58. The minimum absolute atomic E-state index is 0.135. The van der Waals surface area contributed by atoms with Crippen molar-refractivity contribution < 1.29 is 15.0 Å². The lowest BCUT2D eigenvalue weighted by molar-refractivity contribution is -0.142. The van der Waals surface area contributed by atoms with E-state index >= 15 is 0 Å². The molecule has 1 aromatic carbocycles. The van der Waals surface area contributed by atoms with E-state index in [1.54, 1.807) is 19.1 Å². The van der Waals surface area contributed by atoms with Crippen molar-refractivity contribution in [2.45, 2.75) is 25.8 Å². The fourth-order valence-corrected chi connectivity index (χ4v) is 1.53. The van der Waals surface area contributed by atoms with E-state index in [2.05, 4.69) is 6.58 Å². The van der Waals surface area contributed by atoms with Crippen LogP contribution in [0.4, 0.5) is 0 Å². The summed E-state index contributed by atoms with van der Waals surface area (Å²) in [4.78, 5) is 10.9. The van der Waals surface area contributed by atoms with E-state index in [-0.39, 0.29) is 12.2 Å². The summed E-state index contributed by atoms with van der Waals surface area (Å²) in [5.41, 5.74) is 6.45. The third kappa shape index (κ3) is 3.07. The zero-order chi connectivity index (χ0) is 13.2. The van der Waals surface area contributed by atoms with Crippen molar-refractivity contribution in [1.29, 1.82) is 0 Å². The molecule has 0 aliphatic heterocycles. The average molecular weight is 235 g/mol. The summed E-state index contributed by atoms with van der Waals surface area (Å²) < 4.78 is 0. The van der Waals surface area contributed by atoms with Crippen LogP contribution in [0.3, 0.4) is 0 Å². The average Bonchev–Trinajstić information content (AvgIpc) is 2.20. The van der Waals surface area contributed by atoms with Gasteiger partial charge in [-0.1, -0.05) is 12.6 Å². The molecule has 17 heavy (non-hydrogen) atoms. The molecule has 0 fully saturated rings. The molecule has 1 unspecified atom stereocenters. The molecule has 4 heteroatoms. The van der Waals surface area contributed by atoms with Crippen LogP contribution in [0.5, 0.6) is 5.75 Å². The molecule has 4 N–H and O–H groups in total. The molecule has 0 aliphatic rings. The van der Waals surface area contributed by atoms with E-state index in [0.29, 0.717) is 5.56 Å². The number of phenols is 1. The van der Waals surface area contributed by atoms with E-state index in [1.165, 1.54) is 13.0 Å². The van der Waals surface area contributed by atoms with Gasteiger partial charge in [-0.15, -0.1) is 0 Å². The number of allylic oxidation sites excluding steroid dienone is 1. The number of benzene rings is 1. The summed E-state index contributed by atoms with van der Waals surface area (Å²) >= 11 is 0. The van der Waals surface area contributed by atoms with Crippen LogP contribution in [-0.4, -0.2) is 21.7 Å². The number of carboxylic acid groups (broad SMARTS) is 1. The Balaban J connectivity index is 3.05. The van der Waals surface area contributed by atoms with Crippen molar-refractivity contribution in [3.8, 4) is 5.75 Å². The van der Waals surface area contributed by atoms with Crippen molar-refractivity contribution in [2.75, 3.05) is 0 Å². The molecule has 1 aromatic rings.